The Hall–Kier alpha value is -0.650. The van der Waals surface area contributed by atoms with E-state index in [4.69, 9.17) is 0 Å². The first-order chi connectivity index (χ1) is 5.65. The van der Waals surface area contributed by atoms with Gasteiger partial charge in [-0.15, -0.1) is 0 Å². The molecule has 1 rings (SSSR count). The van der Waals surface area contributed by atoms with Gasteiger partial charge in [0.1, 0.15) is 5.82 Å². The minimum Gasteiger partial charge on any atom is -0.465 e. The number of hydrogen-bond acceptors (Lipinski definition) is 2. The average Bonchev–Trinajstić information content (AvgIpc) is 2.03. The van der Waals surface area contributed by atoms with Crippen molar-refractivity contribution in [1.82, 2.24) is 0 Å². The van der Waals surface area contributed by atoms with E-state index in [9.17, 15) is 9.18 Å². The third kappa shape index (κ3) is 1.94. The molecular weight excluding hydrogens is 274 g/mol. The van der Waals surface area contributed by atoms with Crippen LogP contribution in [0.25, 0.3) is 0 Å². The second-order valence-corrected chi connectivity index (χ2v) is 3.28. The summed E-state index contributed by atoms with van der Waals surface area (Å²) in [6, 6.07) is 3.92. The Morgan fingerprint density at radius 1 is 1.58 bits per heavy atom. The van der Waals surface area contributed by atoms with Gasteiger partial charge >= 0.3 is 5.97 Å². The van der Waals surface area contributed by atoms with E-state index in [2.05, 4.69) is 4.74 Å². The van der Waals surface area contributed by atoms with Crippen molar-refractivity contribution in [1.29, 1.82) is 0 Å². The molecule has 0 aliphatic rings. The van der Waals surface area contributed by atoms with E-state index < -0.39 is 5.97 Å². The Labute approximate surface area is 82.9 Å². The van der Waals surface area contributed by atoms with Crippen molar-refractivity contribution in [3.63, 3.8) is 0 Å². The SMILES string of the molecule is COC(=O)c1ccc(F)cc1I. The molecule has 64 valence electrons. The normalized spacial score (nSPS) is 9.58. The van der Waals surface area contributed by atoms with Crippen LogP contribution in [0.1, 0.15) is 10.4 Å². The van der Waals surface area contributed by atoms with Crippen molar-refractivity contribution < 1.29 is 13.9 Å². The predicted molar refractivity (Wildman–Crippen MR) is 50.5 cm³/mol. The van der Waals surface area contributed by atoms with Gasteiger partial charge in [-0.05, 0) is 40.8 Å². The minimum absolute atomic E-state index is 0.355. The van der Waals surface area contributed by atoms with Crippen LogP contribution in [0.3, 0.4) is 0 Å². The van der Waals surface area contributed by atoms with E-state index in [1.807, 2.05) is 22.6 Å². The van der Waals surface area contributed by atoms with Crippen molar-refractivity contribution in [3.05, 3.63) is 33.1 Å². The Kier molecular flexibility index (Phi) is 3.02. The molecular formula is C8H6FIO2. The van der Waals surface area contributed by atoms with Gasteiger partial charge in [-0.3, -0.25) is 0 Å². The van der Waals surface area contributed by atoms with Crippen molar-refractivity contribution in [2.24, 2.45) is 0 Å². The summed E-state index contributed by atoms with van der Waals surface area (Å²) in [7, 11) is 1.29. The molecule has 0 aromatic heterocycles. The highest BCUT2D eigenvalue weighted by Gasteiger charge is 2.09. The molecule has 0 N–H and O–H groups in total. The number of carbonyl (C=O) groups is 1. The van der Waals surface area contributed by atoms with Crippen LogP contribution < -0.4 is 0 Å². The number of hydrogen-bond donors (Lipinski definition) is 0. The second kappa shape index (κ2) is 3.84. The summed E-state index contributed by atoms with van der Waals surface area (Å²) in [5.74, 6) is -0.800. The summed E-state index contributed by atoms with van der Waals surface area (Å²) in [6.45, 7) is 0. The third-order valence-corrected chi connectivity index (χ3v) is 2.23. The Morgan fingerprint density at radius 2 is 2.25 bits per heavy atom. The van der Waals surface area contributed by atoms with Crippen LogP contribution in [0.4, 0.5) is 4.39 Å². The Balaban J connectivity index is 3.09. The van der Waals surface area contributed by atoms with Crippen LogP contribution >= 0.6 is 22.6 Å². The summed E-state index contributed by atoms with van der Waals surface area (Å²) in [5, 5.41) is 0. The molecule has 0 aliphatic carbocycles. The van der Waals surface area contributed by atoms with Crippen LogP contribution in [0.2, 0.25) is 0 Å². The molecule has 0 radical (unpaired) electrons. The van der Waals surface area contributed by atoms with Gasteiger partial charge in [-0.2, -0.15) is 0 Å². The standard InChI is InChI=1S/C8H6FIO2/c1-12-8(11)6-3-2-5(9)4-7(6)10/h2-4H,1H3. The number of esters is 1. The number of benzene rings is 1. The van der Waals surface area contributed by atoms with Crippen molar-refractivity contribution >= 4 is 28.6 Å². The highest BCUT2D eigenvalue weighted by molar-refractivity contribution is 14.1. The molecule has 0 saturated heterocycles. The Morgan fingerprint density at radius 3 is 2.75 bits per heavy atom. The first kappa shape index (κ1) is 9.44. The van der Waals surface area contributed by atoms with Gasteiger partial charge in [0.25, 0.3) is 0 Å². The topological polar surface area (TPSA) is 26.3 Å². The first-order valence-corrected chi connectivity index (χ1v) is 4.26. The van der Waals surface area contributed by atoms with Crippen LogP contribution in [-0.2, 0) is 4.74 Å². The van der Waals surface area contributed by atoms with Crippen LogP contribution in [0.15, 0.2) is 18.2 Å². The van der Waals surface area contributed by atoms with Crippen molar-refractivity contribution in [2.75, 3.05) is 7.11 Å². The molecule has 0 atom stereocenters. The number of carbonyl (C=O) groups excluding carboxylic acids is 1. The van der Waals surface area contributed by atoms with Gasteiger partial charge in [0.15, 0.2) is 0 Å². The summed E-state index contributed by atoms with van der Waals surface area (Å²) in [6.07, 6.45) is 0. The summed E-state index contributed by atoms with van der Waals surface area (Å²) < 4.78 is 17.6. The maximum Gasteiger partial charge on any atom is 0.338 e. The van der Waals surface area contributed by atoms with E-state index in [1.54, 1.807) is 0 Å². The van der Waals surface area contributed by atoms with E-state index in [1.165, 1.54) is 25.3 Å². The van der Waals surface area contributed by atoms with Crippen LogP contribution in [-0.4, -0.2) is 13.1 Å². The quantitative estimate of drug-likeness (QED) is 0.582. The molecule has 0 saturated carbocycles. The lowest BCUT2D eigenvalue weighted by Gasteiger charge is -2.00. The summed E-state index contributed by atoms with van der Waals surface area (Å²) in [5.41, 5.74) is 0.388. The van der Waals surface area contributed by atoms with Crippen LogP contribution in [0, 0.1) is 9.39 Å². The van der Waals surface area contributed by atoms with Crippen molar-refractivity contribution in [2.45, 2.75) is 0 Å². The molecule has 1 aromatic carbocycles. The highest BCUT2D eigenvalue weighted by atomic mass is 127. The molecule has 0 heterocycles. The molecule has 12 heavy (non-hydrogen) atoms. The summed E-state index contributed by atoms with van der Waals surface area (Å²) >= 11 is 1.88. The van der Waals surface area contributed by atoms with Gasteiger partial charge < -0.3 is 4.74 Å². The fourth-order valence-corrected chi connectivity index (χ4v) is 1.46. The first-order valence-electron chi connectivity index (χ1n) is 3.18. The Bertz CT molecular complexity index is 312. The molecule has 0 fully saturated rings. The van der Waals surface area contributed by atoms with Crippen LogP contribution in [0.5, 0.6) is 0 Å². The van der Waals surface area contributed by atoms with E-state index in [0.717, 1.165) is 0 Å². The van der Waals surface area contributed by atoms with Gasteiger partial charge in [0, 0.05) is 3.57 Å². The largest absolute Gasteiger partial charge is 0.465 e. The predicted octanol–water partition coefficient (Wildman–Crippen LogP) is 2.22. The molecule has 0 unspecified atom stereocenters. The number of halogens is 2. The average molecular weight is 280 g/mol. The molecule has 2 nitrogen and oxygen atoms in total. The van der Waals surface area contributed by atoms with E-state index in [0.29, 0.717) is 9.13 Å². The smallest absolute Gasteiger partial charge is 0.338 e. The highest BCUT2D eigenvalue weighted by Crippen LogP contribution is 2.14. The van der Waals surface area contributed by atoms with Gasteiger partial charge in [0.2, 0.25) is 0 Å². The van der Waals surface area contributed by atoms with Crippen molar-refractivity contribution in [3.8, 4) is 0 Å². The zero-order valence-corrected chi connectivity index (χ0v) is 8.46. The molecule has 4 heteroatoms. The number of rotatable bonds is 1. The van der Waals surface area contributed by atoms with E-state index in [-0.39, 0.29) is 5.82 Å². The zero-order valence-electron chi connectivity index (χ0n) is 6.30. The lowest BCUT2D eigenvalue weighted by atomic mass is 10.2. The number of ether oxygens (including phenoxy) is 1. The fraction of sp³-hybridized carbons (Fsp3) is 0.125. The van der Waals surface area contributed by atoms with E-state index >= 15 is 0 Å². The monoisotopic (exact) mass is 280 g/mol. The molecule has 0 amide bonds. The lowest BCUT2D eigenvalue weighted by molar-refractivity contribution is 0.0599. The second-order valence-electron chi connectivity index (χ2n) is 2.12. The maximum atomic E-state index is 12.6. The number of methoxy groups -OCH3 is 1. The summed E-state index contributed by atoms with van der Waals surface area (Å²) in [4.78, 5) is 11.0. The molecule has 0 spiro atoms. The maximum absolute atomic E-state index is 12.6. The third-order valence-electron chi connectivity index (χ3n) is 1.34. The minimum atomic E-state index is -0.445. The lowest BCUT2D eigenvalue weighted by Crippen LogP contribution is -2.03. The fourth-order valence-electron chi connectivity index (χ4n) is 0.765. The molecule has 1 aromatic rings. The molecule has 0 bridgehead atoms. The van der Waals surface area contributed by atoms with Gasteiger partial charge in [0.05, 0.1) is 12.7 Å². The van der Waals surface area contributed by atoms with Gasteiger partial charge in [-0.1, -0.05) is 0 Å². The zero-order chi connectivity index (χ0) is 9.14. The molecule has 0 aliphatic heterocycles. The van der Waals surface area contributed by atoms with Gasteiger partial charge in [-0.25, -0.2) is 9.18 Å².